The number of nitrogens with one attached hydrogen (secondary N) is 1. The second-order valence-electron chi connectivity index (χ2n) is 6.15. The minimum atomic E-state index is -0.350. The number of rotatable bonds is 4. The molecule has 5 nitrogen and oxygen atoms in total. The van der Waals surface area contributed by atoms with Gasteiger partial charge in [-0.15, -0.1) is 0 Å². The minimum Gasteiger partial charge on any atom is -0.497 e. The zero-order chi connectivity index (χ0) is 18.8. The van der Waals surface area contributed by atoms with Crippen LogP contribution >= 0.6 is 11.8 Å². The van der Waals surface area contributed by atoms with Crippen molar-refractivity contribution in [1.29, 1.82) is 0 Å². The van der Waals surface area contributed by atoms with E-state index >= 15 is 0 Å². The first-order valence-corrected chi connectivity index (χ1v) is 9.40. The van der Waals surface area contributed by atoms with E-state index in [1.54, 1.807) is 7.11 Å². The van der Waals surface area contributed by atoms with Crippen molar-refractivity contribution in [2.75, 3.05) is 12.4 Å². The lowest BCUT2D eigenvalue weighted by Crippen LogP contribution is -2.31. The molecule has 1 saturated heterocycles. The monoisotopic (exact) mass is 381 g/mol. The van der Waals surface area contributed by atoms with Gasteiger partial charge in [0.2, 0.25) is 0 Å². The van der Waals surface area contributed by atoms with Gasteiger partial charge in [-0.1, -0.05) is 42.1 Å². The van der Waals surface area contributed by atoms with Crippen molar-refractivity contribution in [1.82, 2.24) is 0 Å². The van der Waals surface area contributed by atoms with Crippen LogP contribution in [-0.2, 0) is 14.3 Å². The van der Waals surface area contributed by atoms with E-state index in [0.717, 1.165) is 27.5 Å². The average Bonchev–Trinajstić information content (AvgIpc) is 2.66. The molecule has 2 aliphatic heterocycles. The lowest BCUT2D eigenvalue weighted by atomic mass is 10.1. The van der Waals surface area contributed by atoms with E-state index < -0.39 is 0 Å². The van der Waals surface area contributed by atoms with E-state index in [1.807, 2.05) is 67.6 Å². The topological polar surface area (TPSA) is 56.8 Å². The molecule has 2 aliphatic rings. The molecule has 1 fully saturated rings. The molecular formula is C21H19NO4S. The summed E-state index contributed by atoms with van der Waals surface area (Å²) in [5.41, 5.74) is 2.72. The van der Waals surface area contributed by atoms with Gasteiger partial charge in [0, 0.05) is 10.5 Å². The van der Waals surface area contributed by atoms with Gasteiger partial charge in [0.25, 0.3) is 5.91 Å². The molecule has 6 heteroatoms. The SMILES string of the molecule is COc1ccc(C=CC=C2Sc3ccc(C4OC(C)O4)cc3NC2=O)cc1. The van der Waals surface area contributed by atoms with Crippen LogP contribution in [0.2, 0.25) is 0 Å². The fourth-order valence-corrected chi connectivity index (χ4v) is 3.70. The molecule has 0 bridgehead atoms. The summed E-state index contributed by atoms with van der Waals surface area (Å²) in [7, 11) is 1.64. The van der Waals surface area contributed by atoms with Gasteiger partial charge in [-0.25, -0.2) is 0 Å². The molecule has 0 radical (unpaired) electrons. The lowest BCUT2D eigenvalue weighted by molar-refractivity contribution is -0.382. The Morgan fingerprint density at radius 3 is 2.63 bits per heavy atom. The summed E-state index contributed by atoms with van der Waals surface area (Å²) >= 11 is 1.45. The number of carbonyl (C=O) groups excluding carboxylic acids is 1. The molecule has 27 heavy (non-hydrogen) atoms. The van der Waals surface area contributed by atoms with E-state index in [2.05, 4.69) is 5.32 Å². The Balaban J connectivity index is 1.47. The zero-order valence-electron chi connectivity index (χ0n) is 15.0. The first kappa shape index (κ1) is 17.9. The predicted molar refractivity (Wildman–Crippen MR) is 105 cm³/mol. The van der Waals surface area contributed by atoms with Gasteiger partial charge >= 0.3 is 0 Å². The molecule has 1 amide bonds. The van der Waals surface area contributed by atoms with Gasteiger partial charge in [0.1, 0.15) is 5.75 Å². The molecule has 1 N–H and O–H groups in total. The number of anilines is 1. The van der Waals surface area contributed by atoms with Crippen LogP contribution in [0.5, 0.6) is 5.75 Å². The predicted octanol–water partition coefficient (Wildman–Crippen LogP) is 4.73. The minimum absolute atomic E-state index is 0.118. The van der Waals surface area contributed by atoms with E-state index in [1.165, 1.54) is 11.8 Å². The van der Waals surface area contributed by atoms with Gasteiger partial charge in [-0.3, -0.25) is 4.79 Å². The quantitative estimate of drug-likeness (QED) is 0.776. The molecule has 2 aromatic rings. The van der Waals surface area contributed by atoms with Crippen molar-refractivity contribution < 1.29 is 19.0 Å². The van der Waals surface area contributed by atoms with E-state index in [4.69, 9.17) is 14.2 Å². The number of ether oxygens (including phenoxy) is 3. The Morgan fingerprint density at radius 2 is 1.93 bits per heavy atom. The molecule has 138 valence electrons. The summed E-state index contributed by atoms with van der Waals surface area (Å²) in [6.07, 6.45) is 5.12. The van der Waals surface area contributed by atoms with Gasteiger partial charge in [0.15, 0.2) is 12.6 Å². The number of carbonyl (C=O) groups is 1. The van der Waals surface area contributed by atoms with Gasteiger partial charge in [0.05, 0.1) is 17.7 Å². The highest BCUT2D eigenvalue weighted by atomic mass is 32.2. The maximum Gasteiger partial charge on any atom is 0.262 e. The van der Waals surface area contributed by atoms with E-state index in [0.29, 0.717) is 4.91 Å². The highest BCUT2D eigenvalue weighted by Gasteiger charge is 2.30. The van der Waals surface area contributed by atoms with Crippen LogP contribution < -0.4 is 10.1 Å². The second-order valence-corrected chi connectivity index (χ2v) is 7.23. The van der Waals surface area contributed by atoms with Crippen molar-refractivity contribution in [3.63, 3.8) is 0 Å². The summed E-state index contributed by atoms with van der Waals surface area (Å²) in [5.74, 6) is 0.698. The first-order valence-electron chi connectivity index (χ1n) is 8.59. The fourth-order valence-electron chi connectivity index (χ4n) is 2.82. The molecule has 0 aliphatic carbocycles. The van der Waals surface area contributed by atoms with Crippen molar-refractivity contribution >= 4 is 29.4 Å². The fraction of sp³-hybridized carbons (Fsp3) is 0.190. The second kappa shape index (κ2) is 7.60. The summed E-state index contributed by atoms with van der Waals surface area (Å²) in [4.78, 5) is 14.0. The lowest BCUT2D eigenvalue weighted by Gasteiger charge is -2.34. The van der Waals surface area contributed by atoms with Crippen LogP contribution in [0.4, 0.5) is 5.69 Å². The normalized spacial score (nSPS) is 23.0. The smallest absolute Gasteiger partial charge is 0.262 e. The van der Waals surface area contributed by atoms with E-state index in [-0.39, 0.29) is 18.5 Å². The zero-order valence-corrected chi connectivity index (χ0v) is 15.8. The number of amides is 1. The molecule has 0 spiro atoms. The standard InChI is InChI=1S/C21H19NO4S/c1-13-25-21(26-13)15-8-11-18-17(12-15)22-20(23)19(27-18)5-3-4-14-6-9-16(24-2)10-7-14/h3-13,21H,1-2H3,(H,22,23). The number of hydrogen-bond acceptors (Lipinski definition) is 5. The Hall–Kier alpha value is -2.54. The Morgan fingerprint density at radius 1 is 1.15 bits per heavy atom. The number of fused-ring (bicyclic) bond motifs is 1. The maximum absolute atomic E-state index is 12.4. The Labute approximate surface area is 162 Å². The summed E-state index contributed by atoms with van der Waals surface area (Å²) in [6.45, 7) is 1.85. The highest BCUT2D eigenvalue weighted by molar-refractivity contribution is 8.04. The third-order valence-corrected chi connectivity index (χ3v) is 5.37. The number of benzene rings is 2. The summed E-state index contributed by atoms with van der Waals surface area (Å²) in [5, 5.41) is 2.94. The van der Waals surface area contributed by atoms with Crippen LogP contribution in [0, 0.1) is 0 Å². The van der Waals surface area contributed by atoms with Crippen LogP contribution in [0.3, 0.4) is 0 Å². The van der Waals surface area contributed by atoms with Crippen LogP contribution in [0.15, 0.2) is 64.4 Å². The highest BCUT2D eigenvalue weighted by Crippen LogP contribution is 2.41. The van der Waals surface area contributed by atoms with Gasteiger partial charge in [-0.2, -0.15) is 0 Å². The first-order chi connectivity index (χ1) is 13.1. The molecule has 0 saturated carbocycles. The number of allylic oxidation sites excluding steroid dienone is 2. The van der Waals surface area contributed by atoms with Crippen molar-refractivity contribution in [3.8, 4) is 5.75 Å². The van der Waals surface area contributed by atoms with Crippen LogP contribution in [0.25, 0.3) is 6.08 Å². The Bertz CT molecular complexity index is 914. The van der Waals surface area contributed by atoms with Crippen LogP contribution in [-0.4, -0.2) is 19.3 Å². The molecule has 0 aromatic heterocycles. The largest absolute Gasteiger partial charge is 0.497 e. The molecular weight excluding hydrogens is 362 g/mol. The van der Waals surface area contributed by atoms with Crippen molar-refractivity contribution in [2.24, 2.45) is 0 Å². The molecule has 4 rings (SSSR count). The van der Waals surface area contributed by atoms with Gasteiger partial charge in [-0.05, 0) is 42.8 Å². The Kier molecular flexibility index (Phi) is 5.03. The molecule has 2 heterocycles. The number of methoxy groups -OCH3 is 1. The molecule has 0 atom stereocenters. The number of thioether (sulfide) groups is 1. The van der Waals surface area contributed by atoms with Crippen LogP contribution in [0.1, 0.15) is 24.3 Å². The van der Waals surface area contributed by atoms with Gasteiger partial charge < -0.3 is 19.5 Å². The molecule has 0 unspecified atom stereocenters. The average molecular weight is 381 g/mol. The summed E-state index contributed by atoms with van der Waals surface area (Å²) < 4.78 is 16.2. The number of hydrogen-bond donors (Lipinski definition) is 1. The van der Waals surface area contributed by atoms with Crippen molar-refractivity contribution in [3.05, 3.63) is 70.6 Å². The molecule has 2 aromatic carbocycles. The third kappa shape index (κ3) is 3.93. The van der Waals surface area contributed by atoms with E-state index in [9.17, 15) is 4.79 Å². The summed E-state index contributed by atoms with van der Waals surface area (Å²) in [6, 6.07) is 13.6. The maximum atomic E-state index is 12.4. The third-order valence-electron chi connectivity index (χ3n) is 4.25. The van der Waals surface area contributed by atoms with Crippen molar-refractivity contribution in [2.45, 2.75) is 24.4 Å².